The number of carboxylic acid groups (broad SMARTS) is 1. The summed E-state index contributed by atoms with van der Waals surface area (Å²) in [7, 11) is -1.79. The van der Waals surface area contributed by atoms with Gasteiger partial charge < -0.3 is 19.0 Å². The summed E-state index contributed by atoms with van der Waals surface area (Å²) < 4.78 is 39.5. The van der Waals surface area contributed by atoms with Crippen LogP contribution >= 0.6 is 0 Å². The van der Waals surface area contributed by atoms with Gasteiger partial charge in [0.05, 0.1) is 15.8 Å². The molecular formula is C18H16O7S. The molecule has 0 amide bonds. The summed E-state index contributed by atoms with van der Waals surface area (Å²) in [5.41, 5.74) is 0.373. The summed E-state index contributed by atoms with van der Waals surface area (Å²) in [6, 6.07) is 10.4. The quantitative estimate of drug-likeness (QED) is 0.702. The number of benzene rings is 2. The first kappa shape index (κ1) is 18.0. The fourth-order valence-corrected chi connectivity index (χ4v) is 3.09. The lowest BCUT2D eigenvalue weighted by Crippen LogP contribution is -1.98. The lowest BCUT2D eigenvalue weighted by molar-refractivity contribution is 0.0696. The van der Waals surface area contributed by atoms with Gasteiger partial charge in [-0.15, -0.1) is 0 Å². The van der Waals surface area contributed by atoms with Gasteiger partial charge in [0.25, 0.3) is 0 Å². The third-order valence-electron chi connectivity index (χ3n) is 3.66. The molecule has 0 spiro atoms. The second kappa shape index (κ2) is 6.81. The molecule has 0 bridgehead atoms. The molecule has 26 heavy (non-hydrogen) atoms. The largest absolute Gasteiger partial charge is 0.478 e. The Hall–Kier alpha value is -2.84. The van der Waals surface area contributed by atoms with Gasteiger partial charge in [-0.1, -0.05) is 0 Å². The van der Waals surface area contributed by atoms with Crippen molar-refractivity contribution in [2.24, 2.45) is 0 Å². The molecule has 0 saturated carbocycles. The van der Waals surface area contributed by atoms with Crippen LogP contribution in [0.1, 0.15) is 16.1 Å². The summed E-state index contributed by atoms with van der Waals surface area (Å²) in [4.78, 5) is 11.5. The highest BCUT2D eigenvalue weighted by Crippen LogP contribution is 2.34. The van der Waals surface area contributed by atoms with Crippen molar-refractivity contribution in [2.75, 3.05) is 13.4 Å². The van der Waals surface area contributed by atoms with Gasteiger partial charge >= 0.3 is 5.97 Å². The van der Waals surface area contributed by atoms with Crippen LogP contribution in [0, 0.1) is 0 Å². The van der Waals surface area contributed by atoms with E-state index in [0.717, 1.165) is 6.26 Å². The Kier molecular flexibility index (Phi) is 4.71. The second-order valence-electron chi connectivity index (χ2n) is 5.68. The Bertz CT molecular complexity index is 1060. The second-order valence-corrected chi connectivity index (χ2v) is 7.70. The Balaban J connectivity index is 2.03. The number of rotatable bonds is 6. The summed E-state index contributed by atoms with van der Waals surface area (Å²) in [5.74, 6) is 0.0741. The van der Waals surface area contributed by atoms with E-state index in [-0.39, 0.29) is 22.8 Å². The van der Waals surface area contributed by atoms with E-state index >= 15 is 0 Å². The van der Waals surface area contributed by atoms with Crippen LogP contribution in [0.3, 0.4) is 0 Å². The van der Waals surface area contributed by atoms with Gasteiger partial charge in [0.1, 0.15) is 29.4 Å². The summed E-state index contributed by atoms with van der Waals surface area (Å²) in [6.45, 7) is 0.236. The van der Waals surface area contributed by atoms with Gasteiger partial charge in [0.2, 0.25) is 0 Å². The van der Waals surface area contributed by atoms with Crippen molar-refractivity contribution in [3.8, 4) is 11.5 Å². The first-order chi connectivity index (χ1) is 12.3. The van der Waals surface area contributed by atoms with E-state index in [2.05, 4.69) is 0 Å². The maximum Gasteiger partial charge on any atom is 0.335 e. The Morgan fingerprint density at radius 2 is 1.85 bits per heavy atom. The molecule has 0 saturated heterocycles. The lowest BCUT2D eigenvalue weighted by Gasteiger charge is -2.08. The van der Waals surface area contributed by atoms with E-state index in [4.69, 9.17) is 13.9 Å². The van der Waals surface area contributed by atoms with Crippen LogP contribution in [0.25, 0.3) is 11.0 Å². The van der Waals surface area contributed by atoms with Crippen molar-refractivity contribution in [1.82, 2.24) is 0 Å². The van der Waals surface area contributed by atoms with Crippen molar-refractivity contribution in [3.63, 3.8) is 0 Å². The number of ether oxygens (including phenoxy) is 2. The number of methoxy groups -OCH3 is 1. The van der Waals surface area contributed by atoms with Crippen LogP contribution in [-0.4, -0.2) is 32.9 Å². The van der Waals surface area contributed by atoms with Gasteiger partial charge in [-0.3, -0.25) is 0 Å². The van der Waals surface area contributed by atoms with Crippen molar-refractivity contribution < 1.29 is 32.2 Å². The van der Waals surface area contributed by atoms with Gasteiger partial charge in [-0.05, 0) is 42.5 Å². The molecule has 3 aromatic rings. The zero-order chi connectivity index (χ0) is 18.9. The highest BCUT2D eigenvalue weighted by Gasteiger charge is 2.16. The van der Waals surface area contributed by atoms with Crippen molar-refractivity contribution in [2.45, 2.75) is 11.5 Å². The molecule has 0 atom stereocenters. The number of carboxylic acids is 1. The molecular weight excluding hydrogens is 360 g/mol. The molecule has 0 aliphatic carbocycles. The average molecular weight is 376 g/mol. The van der Waals surface area contributed by atoms with E-state index in [1.54, 1.807) is 6.07 Å². The summed E-state index contributed by atoms with van der Waals surface area (Å²) in [5, 5.41) is 9.87. The van der Waals surface area contributed by atoms with Crippen LogP contribution in [-0.2, 0) is 21.2 Å². The van der Waals surface area contributed by atoms with Crippen LogP contribution in [0.5, 0.6) is 11.5 Å². The SMILES string of the molecule is COCc1cc2c(Oc3ccc(S(C)(=O)=O)cc3)cc(C(=O)O)cc2o1. The van der Waals surface area contributed by atoms with Crippen molar-refractivity contribution in [3.05, 3.63) is 53.8 Å². The summed E-state index contributed by atoms with van der Waals surface area (Å²) in [6.07, 6.45) is 1.12. The van der Waals surface area contributed by atoms with Gasteiger partial charge in [-0.2, -0.15) is 0 Å². The molecule has 136 valence electrons. The highest BCUT2D eigenvalue weighted by molar-refractivity contribution is 7.90. The molecule has 1 N–H and O–H groups in total. The third-order valence-corrected chi connectivity index (χ3v) is 4.79. The zero-order valence-corrected chi connectivity index (χ0v) is 14.9. The molecule has 1 aromatic heterocycles. The number of hydrogen-bond donors (Lipinski definition) is 1. The van der Waals surface area contributed by atoms with Gasteiger partial charge in [0, 0.05) is 13.4 Å². The van der Waals surface area contributed by atoms with Crippen LogP contribution < -0.4 is 4.74 Å². The molecule has 1 heterocycles. The minimum atomic E-state index is -3.31. The number of aromatic carboxylic acids is 1. The topological polar surface area (TPSA) is 103 Å². The molecule has 0 unspecified atom stereocenters. The molecule has 3 rings (SSSR count). The maximum absolute atomic E-state index is 11.5. The van der Waals surface area contributed by atoms with Crippen LogP contribution in [0.2, 0.25) is 0 Å². The molecule has 0 fully saturated rings. The fourth-order valence-electron chi connectivity index (χ4n) is 2.46. The van der Waals surface area contributed by atoms with E-state index in [0.29, 0.717) is 22.5 Å². The summed E-state index contributed by atoms with van der Waals surface area (Å²) >= 11 is 0. The van der Waals surface area contributed by atoms with Crippen LogP contribution in [0.15, 0.2) is 51.8 Å². The highest BCUT2D eigenvalue weighted by atomic mass is 32.2. The van der Waals surface area contributed by atoms with Crippen molar-refractivity contribution in [1.29, 1.82) is 0 Å². The average Bonchev–Trinajstić information content (AvgIpc) is 2.97. The van der Waals surface area contributed by atoms with E-state index in [9.17, 15) is 18.3 Å². The number of fused-ring (bicyclic) bond motifs is 1. The number of hydrogen-bond acceptors (Lipinski definition) is 6. The van der Waals surface area contributed by atoms with Gasteiger partial charge in [0.15, 0.2) is 9.84 Å². The molecule has 2 aromatic carbocycles. The maximum atomic E-state index is 11.5. The van der Waals surface area contributed by atoms with Gasteiger partial charge in [-0.25, -0.2) is 13.2 Å². The van der Waals surface area contributed by atoms with Crippen LogP contribution in [0.4, 0.5) is 0 Å². The standard InChI is InChI=1S/C18H16O7S/c1-23-10-13-9-15-16(7-11(18(19)20)8-17(15)25-13)24-12-3-5-14(6-4-12)26(2,21)22/h3-9H,10H2,1-2H3,(H,19,20). The molecule has 7 nitrogen and oxygen atoms in total. The van der Waals surface area contributed by atoms with E-state index in [1.807, 2.05) is 0 Å². The Labute approximate surface area is 149 Å². The minimum absolute atomic E-state index is 0.0126. The fraction of sp³-hybridized carbons (Fsp3) is 0.167. The Morgan fingerprint density at radius 1 is 1.15 bits per heavy atom. The molecule has 0 aliphatic heterocycles. The number of carbonyl (C=O) groups is 1. The third kappa shape index (κ3) is 3.71. The first-order valence-electron chi connectivity index (χ1n) is 7.54. The molecule has 0 radical (unpaired) electrons. The normalized spacial score (nSPS) is 11.6. The molecule has 0 aliphatic rings. The monoisotopic (exact) mass is 376 g/mol. The number of furan rings is 1. The Morgan fingerprint density at radius 3 is 2.42 bits per heavy atom. The molecule has 8 heteroatoms. The predicted molar refractivity (Wildman–Crippen MR) is 93.5 cm³/mol. The first-order valence-corrected chi connectivity index (χ1v) is 9.44. The smallest absolute Gasteiger partial charge is 0.335 e. The van der Waals surface area contributed by atoms with E-state index < -0.39 is 15.8 Å². The lowest BCUT2D eigenvalue weighted by atomic mass is 10.1. The minimum Gasteiger partial charge on any atom is -0.478 e. The number of sulfone groups is 1. The van der Waals surface area contributed by atoms with E-state index in [1.165, 1.54) is 43.5 Å². The zero-order valence-electron chi connectivity index (χ0n) is 14.1. The predicted octanol–water partition coefficient (Wildman–Crippen LogP) is 3.47. The van der Waals surface area contributed by atoms with Crippen molar-refractivity contribution >= 4 is 26.8 Å².